The molecule has 1 saturated heterocycles. The SMILES string of the molecule is Cn1c(=O)cc(C(=O)NCc2cccc(NC(=O)CCN3CCOCC3)c2)c2ccccc21. The lowest BCUT2D eigenvalue weighted by atomic mass is 10.1. The lowest BCUT2D eigenvalue weighted by Gasteiger charge is -2.26. The number of pyridine rings is 1. The number of carbonyl (C=O) groups excluding carboxylic acids is 2. The highest BCUT2D eigenvalue weighted by Crippen LogP contribution is 2.17. The number of rotatable bonds is 7. The van der Waals surface area contributed by atoms with Crippen LogP contribution < -0.4 is 16.2 Å². The molecule has 0 atom stereocenters. The van der Waals surface area contributed by atoms with Crippen molar-refractivity contribution in [3.63, 3.8) is 0 Å². The number of morpholine rings is 1. The number of aryl methyl sites for hydroxylation is 1. The molecule has 3 aromatic rings. The van der Waals surface area contributed by atoms with Crippen LogP contribution >= 0.6 is 0 Å². The second-order valence-corrected chi connectivity index (χ2v) is 8.11. The number of amides is 2. The molecule has 2 aromatic carbocycles. The Hall–Kier alpha value is -3.49. The maximum atomic E-state index is 12.9. The van der Waals surface area contributed by atoms with Gasteiger partial charge in [-0.1, -0.05) is 30.3 Å². The second kappa shape index (κ2) is 10.4. The van der Waals surface area contributed by atoms with Crippen molar-refractivity contribution in [1.29, 1.82) is 0 Å². The quantitative estimate of drug-likeness (QED) is 0.578. The topological polar surface area (TPSA) is 92.7 Å². The van der Waals surface area contributed by atoms with Gasteiger partial charge in [-0.3, -0.25) is 19.3 Å². The summed E-state index contributed by atoms with van der Waals surface area (Å²) < 4.78 is 6.85. The van der Waals surface area contributed by atoms with Crippen LogP contribution in [0, 0.1) is 0 Å². The summed E-state index contributed by atoms with van der Waals surface area (Å²) in [6.07, 6.45) is 0.414. The predicted molar refractivity (Wildman–Crippen MR) is 127 cm³/mol. The Labute approximate surface area is 192 Å². The third-order valence-corrected chi connectivity index (χ3v) is 5.82. The summed E-state index contributed by atoms with van der Waals surface area (Å²) in [6, 6.07) is 16.1. The molecule has 4 rings (SSSR count). The molecular weight excluding hydrogens is 420 g/mol. The molecule has 0 saturated carbocycles. The normalized spacial score (nSPS) is 14.2. The van der Waals surface area contributed by atoms with Gasteiger partial charge < -0.3 is 19.9 Å². The van der Waals surface area contributed by atoms with Gasteiger partial charge in [0.2, 0.25) is 5.91 Å². The Balaban J connectivity index is 1.36. The molecule has 8 heteroatoms. The Bertz CT molecular complexity index is 1210. The molecule has 1 aliphatic heterocycles. The van der Waals surface area contributed by atoms with Crippen LogP contribution in [0.5, 0.6) is 0 Å². The number of fused-ring (bicyclic) bond motifs is 1. The Kier molecular flexibility index (Phi) is 7.16. The van der Waals surface area contributed by atoms with E-state index in [2.05, 4.69) is 15.5 Å². The molecule has 0 aliphatic carbocycles. The van der Waals surface area contributed by atoms with Crippen LogP contribution in [0.3, 0.4) is 0 Å². The number of aromatic nitrogens is 1. The van der Waals surface area contributed by atoms with Gasteiger partial charge >= 0.3 is 0 Å². The van der Waals surface area contributed by atoms with Crippen LogP contribution in [0.2, 0.25) is 0 Å². The van der Waals surface area contributed by atoms with Gasteiger partial charge in [-0.05, 0) is 23.8 Å². The fourth-order valence-corrected chi connectivity index (χ4v) is 3.94. The molecule has 2 N–H and O–H groups in total. The summed E-state index contributed by atoms with van der Waals surface area (Å²) in [4.78, 5) is 39.7. The van der Waals surface area contributed by atoms with Gasteiger partial charge in [-0.25, -0.2) is 0 Å². The first kappa shape index (κ1) is 22.7. The molecule has 1 aliphatic rings. The van der Waals surface area contributed by atoms with Gasteiger partial charge in [0.05, 0.1) is 24.3 Å². The smallest absolute Gasteiger partial charge is 0.252 e. The van der Waals surface area contributed by atoms with E-state index in [9.17, 15) is 14.4 Å². The second-order valence-electron chi connectivity index (χ2n) is 8.11. The summed E-state index contributed by atoms with van der Waals surface area (Å²) in [5.41, 5.74) is 2.36. The van der Waals surface area contributed by atoms with Gasteiger partial charge in [-0.2, -0.15) is 0 Å². The van der Waals surface area contributed by atoms with Crippen molar-refractivity contribution in [3.05, 3.63) is 76.1 Å². The van der Waals surface area contributed by atoms with Crippen molar-refractivity contribution in [2.45, 2.75) is 13.0 Å². The van der Waals surface area contributed by atoms with Crippen molar-refractivity contribution in [1.82, 2.24) is 14.8 Å². The molecule has 1 aromatic heterocycles. The molecule has 0 spiro atoms. The molecule has 0 unspecified atom stereocenters. The monoisotopic (exact) mass is 448 g/mol. The van der Waals surface area contributed by atoms with E-state index in [4.69, 9.17) is 4.74 Å². The molecule has 8 nitrogen and oxygen atoms in total. The van der Waals surface area contributed by atoms with Crippen molar-refractivity contribution in [2.24, 2.45) is 7.05 Å². The van der Waals surface area contributed by atoms with Gasteiger partial charge in [0, 0.05) is 56.8 Å². The van der Waals surface area contributed by atoms with Crippen LogP contribution in [0.1, 0.15) is 22.3 Å². The lowest BCUT2D eigenvalue weighted by Crippen LogP contribution is -2.38. The van der Waals surface area contributed by atoms with Crippen molar-refractivity contribution in [2.75, 3.05) is 38.2 Å². The first-order chi connectivity index (χ1) is 16.0. The Morgan fingerprint density at radius 2 is 1.82 bits per heavy atom. The number of hydrogen-bond acceptors (Lipinski definition) is 5. The molecule has 33 heavy (non-hydrogen) atoms. The Morgan fingerprint density at radius 3 is 2.64 bits per heavy atom. The maximum absolute atomic E-state index is 12.9. The van der Waals surface area contributed by atoms with E-state index in [-0.39, 0.29) is 23.9 Å². The third kappa shape index (κ3) is 5.66. The zero-order chi connectivity index (χ0) is 23.2. The molecule has 0 radical (unpaired) electrons. The van der Waals surface area contributed by atoms with E-state index in [0.717, 1.165) is 24.0 Å². The summed E-state index contributed by atoms with van der Waals surface area (Å²) >= 11 is 0. The molecule has 0 bridgehead atoms. The zero-order valence-electron chi connectivity index (χ0n) is 18.7. The molecule has 2 amide bonds. The van der Waals surface area contributed by atoms with Crippen LogP contribution in [0.15, 0.2) is 59.4 Å². The minimum absolute atomic E-state index is 0.0470. The predicted octanol–water partition coefficient (Wildman–Crippen LogP) is 2.13. The zero-order valence-corrected chi connectivity index (χ0v) is 18.7. The standard InChI is InChI=1S/C25H28N4O4/c1-28-22-8-3-2-7-20(22)21(16-24(28)31)25(32)26-17-18-5-4-6-19(15-18)27-23(30)9-10-29-11-13-33-14-12-29/h2-8,15-16H,9-14,17H2,1H3,(H,26,32)(H,27,30). The number of benzene rings is 2. The van der Waals surface area contributed by atoms with E-state index < -0.39 is 0 Å². The van der Waals surface area contributed by atoms with Gasteiger partial charge in [0.15, 0.2) is 0 Å². The highest BCUT2D eigenvalue weighted by Gasteiger charge is 2.14. The van der Waals surface area contributed by atoms with E-state index in [1.807, 2.05) is 48.5 Å². The number of ether oxygens (including phenoxy) is 1. The van der Waals surface area contributed by atoms with Gasteiger partial charge in [0.1, 0.15) is 0 Å². The molecule has 1 fully saturated rings. The van der Waals surface area contributed by atoms with E-state index in [1.165, 1.54) is 10.6 Å². The average Bonchev–Trinajstić information content (AvgIpc) is 2.84. The first-order valence-electron chi connectivity index (χ1n) is 11.1. The molecule has 172 valence electrons. The van der Waals surface area contributed by atoms with Gasteiger partial charge in [-0.15, -0.1) is 0 Å². The van der Waals surface area contributed by atoms with Crippen molar-refractivity contribution >= 4 is 28.4 Å². The molecule has 2 heterocycles. The van der Waals surface area contributed by atoms with Gasteiger partial charge in [0.25, 0.3) is 11.5 Å². The number of hydrogen-bond donors (Lipinski definition) is 2. The first-order valence-corrected chi connectivity index (χ1v) is 11.1. The number of para-hydroxylation sites is 1. The summed E-state index contributed by atoms with van der Waals surface area (Å²) in [5.74, 6) is -0.363. The minimum atomic E-state index is -0.316. The van der Waals surface area contributed by atoms with Crippen LogP contribution in [-0.2, 0) is 23.1 Å². The number of nitrogens with zero attached hydrogens (tertiary/aromatic N) is 2. The molecular formula is C25H28N4O4. The Morgan fingerprint density at radius 1 is 1.03 bits per heavy atom. The van der Waals surface area contributed by atoms with Crippen molar-refractivity contribution < 1.29 is 14.3 Å². The fraction of sp³-hybridized carbons (Fsp3) is 0.320. The summed E-state index contributed by atoms with van der Waals surface area (Å²) in [6.45, 7) is 4.11. The largest absolute Gasteiger partial charge is 0.379 e. The summed E-state index contributed by atoms with van der Waals surface area (Å²) in [5, 5.41) is 6.53. The van der Waals surface area contributed by atoms with Crippen LogP contribution in [0.4, 0.5) is 5.69 Å². The number of anilines is 1. The summed E-state index contributed by atoms with van der Waals surface area (Å²) in [7, 11) is 1.69. The fourth-order valence-electron chi connectivity index (χ4n) is 3.94. The van der Waals surface area contributed by atoms with E-state index >= 15 is 0 Å². The highest BCUT2D eigenvalue weighted by molar-refractivity contribution is 6.06. The van der Waals surface area contributed by atoms with E-state index in [1.54, 1.807) is 7.05 Å². The number of nitrogens with one attached hydrogen (secondary N) is 2. The lowest BCUT2D eigenvalue weighted by molar-refractivity contribution is -0.116. The highest BCUT2D eigenvalue weighted by atomic mass is 16.5. The minimum Gasteiger partial charge on any atom is -0.379 e. The third-order valence-electron chi connectivity index (χ3n) is 5.82. The average molecular weight is 449 g/mol. The van der Waals surface area contributed by atoms with Crippen molar-refractivity contribution in [3.8, 4) is 0 Å². The van der Waals surface area contributed by atoms with Crippen LogP contribution in [0.25, 0.3) is 10.9 Å². The maximum Gasteiger partial charge on any atom is 0.252 e. The van der Waals surface area contributed by atoms with E-state index in [0.29, 0.717) is 42.9 Å². The number of carbonyl (C=O) groups is 2. The van der Waals surface area contributed by atoms with Crippen LogP contribution in [-0.4, -0.2) is 54.1 Å².